The number of benzene rings is 1. The van der Waals surface area contributed by atoms with Crippen molar-refractivity contribution in [2.75, 3.05) is 6.54 Å². The molecular formula is C16H23Cl2N. The maximum absolute atomic E-state index is 6.31. The average Bonchev–Trinajstić information content (AvgIpc) is 2.59. The van der Waals surface area contributed by atoms with Crippen LogP contribution in [0.3, 0.4) is 0 Å². The first-order chi connectivity index (χ1) is 9.20. The van der Waals surface area contributed by atoms with E-state index in [1.54, 1.807) is 0 Å². The van der Waals surface area contributed by atoms with E-state index in [0.29, 0.717) is 12.0 Å². The fourth-order valence-corrected chi connectivity index (χ4v) is 3.62. The number of rotatable bonds is 4. The standard InChI is InChI=1S/C16H23Cl2N/c1-2-19-16-7-5-3-4-6-13(16)10-12-8-9-14(17)11-15(12)18/h8-9,11,13,16,19H,2-7,10H2,1H3. The summed E-state index contributed by atoms with van der Waals surface area (Å²) in [5.74, 6) is 0.695. The SMILES string of the molecule is CCNC1CCCCCC1Cc1ccc(Cl)cc1Cl. The summed E-state index contributed by atoms with van der Waals surface area (Å²) in [6.07, 6.45) is 7.72. The molecule has 3 heteroatoms. The highest BCUT2D eigenvalue weighted by atomic mass is 35.5. The van der Waals surface area contributed by atoms with Crippen molar-refractivity contribution in [1.82, 2.24) is 5.32 Å². The van der Waals surface area contributed by atoms with E-state index >= 15 is 0 Å². The van der Waals surface area contributed by atoms with Gasteiger partial charge in [0.25, 0.3) is 0 Å². The lowest BCUT2D eigenvalue weighted by atomic mass is 9.88. The molecule has 1 fully saturated rings. The molecule has 2 unspecified atom stereocenters. The molecule has 1 aliphatic carbocycles. The van der Waals surface area contributed by atoms with E-state index in [0.717, 1.165) is 23.0 Å². The van der Waals surface area contributed by atoms with Crippen molar-refractivity contribution in [2.45, 2.75) is 51.5 Å². The molecule has 2 rings (SSSR count). The second-order valence-electron chi connectivity index (χ2n) is 5.50. The third kappa shape index (κ3) is 4.37. The molecule has 1 aromatic carbocycles. The molecule has 1 aliphatic rings. The van der Waals surface area contributed by atoms with Crippen LogP contribution in [0.5, 0.6) is 0 Å². The minimum Gasteiger partial charge on any atom is -0.314 e. The Morgan fingerprint density at radius 2 is 1.95 bits per heavy atom. The number of hydrogen-bond donors (Lipinski definition) is 1. The molecule has 0 amide bonds. The van der Waals surface area contributed by atoms with E-state index in [4.69, 9.17) is 23.2 Å². The molecule has 106 valence electrons. The molecule has 0 radical (unpaired) electrons. The van der Waals surface area contributed by atoms with Crippen molar-refractivity contribution in [3.63, 3.8) is 0 Å². The zero-order valence-electron chi connectivity index (χ0n) is 11.6. The van der Waals surface area contributed by atoms with Crippen LogP contribution in [-0.2, 0) is 6.42 Å². The molecule has 1 nitrogen and oxygen atoms in total. The number of halogens is 2. The first-order valence-electron chi connectivity index (χ1n) is 7.38. The highest BCUT2D eigenvalue weighted by Crippen LogP contribution is 2.30. The molecule has 0 bridgehead atoms. The minimum atomic E-state index is 0.638. The van der Waals surface area contributed by atoms with E-state index < -0.39 is 0 Å². The fourth-order valence-electron chi connectivity index (χ4n) is 3.13. The summed E-state index contributed by atoms with van der Waals surface area (Å²) < 4.78 is 0. The van der Waals surface area contributed by atoms with Crippen LogP contribution in [0, 0.1) is 5.92 Å². The zero-order valence-corrected chi connectivity index (χ0v) is 13.1. The highest BCUT2D eigenvalue weighted by Gasteiger charge is 2.23. The average molecular weight is 300 g/mol. The van der Waals surface area contributed by atoms with E-state index in [1.807, 2.05) is 12.1 Å². The van der Waals surface area contributed by atoms with Crippen molar-refractivity contribution in [2.24, 2.45) is 5.92 Å². The second kappa shape index (κ2) is 7.52. The Labute approximate surface area is 126 Å². The zero-order chi connectivity index (χ0) is 13.7. The number of nitrogens with one attached hydrogen (secondary N) is 1. The Kier molecular flexibility index (Phi) is 6.00. The lowest BCUT2D eigenvalue weighted by Crippen LogP contribution is -2.36. The van der Waals surface area contributed by atoms with Gasteiger partial charge in [-0.2, -0.15) is 0 Å². The highest BCUT2D eigenvalue weighted by molar-refractivity contribution is 6.35. The van der Waals surface area contributed by atoms with Crippen LogP contribution in [0.25, 0.3) is 0 Å². The summed E-state index contributed by atoms with van der Waals surface area (Å²) in [4.78, 5) is 0. The second-order valence-corrected chi connectivity index (χ2v) is 6.35. The van der Waals surface area contributed by atoms with Crippen LogP contribution >= 0.6 is 23.2 Å². The van der Waals surface area contributed by atoms with Gasteiger partial charge >= 0.3 is 0 Å². The van der Waals surface area contributed by atoms with Gasteiger partial charge in [0.2, 0.25) is 0 Å². The maximum atomic E-state index is 6.31. The molecular weight excluding hydrogens is 277 g/mol. The van der Waals surface area contributed by atoms with Gasteiger partial charge in [-0.15, -0.1) is 0 Å². The van der Waals surface area contributed by atoms with Crippen LogP contribution in [0.15, 0.2) is 18.2 Å². The van der Waals surface area contributed by atoms with Crippen LogP contribution < -0.4 is 5.32 Å². The van der Waals surface area contributed by atoms with Gasteiger partial charge in [0, 0.05) is 16.1 Å². The molecule has 0 heterocycles. The molecule has 0 spiro atoms. The number of hydrogen-bond acceptors (Lipinski definition) is 1. The third-order valence-electron chi connectivity index (χ3n) is 4.12. The molecule has 0 aliphatic heterocycles. The Balaban J connectivity index is 2.09. The molecule has 2 atom stereocenters. The van der Waals surface area contributed by atoms with Crippen LogP contribution in [-0.4, -0.2) is 12.6 Å². The maximum Gasteiger partial charge on any atom is 0.0452 e. The van der Waals surface area contributed by atoms with Crippen molar-refractivity contribution in [3.05, 3.63) is 33.8 Å². The van der Waals surface area contributed by atoms with Crippen LogP contribution in [0.2, 0.25) is 10.0 Å². The van der Waals surface area contributed by atoms with Crippen molar-refractivity contribution >= 4 is 23.2 Å². The molecule has 19 heavy (non-hydrogen) atoms. The predicted octanol–water partition coefficient (Wildman–Crippen LogP) is 5.09. The van der Waals surface area contributed by atoms with Gasteiger partial charge in [0.05, 0.1) is 0 Å². The van der Waals surface area contributed by atoms with Gasteiger partial charge in [-0.25, -0.2) is 0 Å². The topological polar surface area (TPSA) is 12.0 Å². The van der Waals surface area contributed by atoms with Crippen molar-refractivity contribution in [1.29, 1.82) is 0 Å². The molecule has 0 aromatic heterocycles. The quantitative estimate of drug-likeness (QED) is 0.763. The molecule has 1 aromatic rings. The summed E-state index contributed by atoms with van der Waals surface area (Å²) >= 11 is 12.3. The summed E-state index contributed by atoms with van der Waals surface area (Å²) in [7, 11) is 0. The van der Waals surface area contributed by atoms with Gasteiger partial charge in [-0.05, 0) is 49.4 Å². The lowest BCUT2D eigenvalue weighted by molar-refractivity contribution is 0.337. The molecule has 0 saturated heterocycles. The smallest absolute Gasteiger partial charge is 0.0452 e. The van der Waals surface area contributed by atoms with Gasteiger partial charge in [0.1, 0.15) is 0 Å². The summed E-state index contributed by atoms with van der Waals surface area (Å²) in [5, 5.41) is 5.19. The van der Waals surface area contributed by atoms with Gasteiger partial charge in [0.15, 0.2) is 0 Å². The van der Waals surface area contributed by atoms with E-state index in [2.05, 4.69) is 18.3 Å². The van der Waals surface area contributed by atoms with Crippen molar-refractivity contribution < 1.29 is 0 Å². The predicted molar refractivity (Wildman–Crippen MR) is 84.2 cm³/mol. The Hall–Kier alpha value is -0.240. The largest absolute Gasteiger partial charge is 0.314 e. The van der Waals surface area contributed by atoms with Gasteiger partial charge in [-0.3, -0.25) is 0 Å². The minimum absolute atomic E-state index is 0.638. The van der Waals surface area contributed by atoms with Crippen molar-refractivity contribution in [3.8, 4) is 0 Å². The fraction of sp³-hybridized carbons (Fsp3) is 0.625. The normalized spacial score (nSPS) is 24.2. The van der Waals surface area contributed by atoms with E-state index in [-0.39, 0.29) is 0 Å². The monoisotopic (exact) mass is 299 g/mol. The summed E-state index contributed by atoms with van der Waals surface area (Å²) in [6.45, 7) is 3.24. The van der Waals surface area contributed by atoms with E-state index in [9.17, 15) is 0 Å². The first-order valence-corrected chi connectivity index (χ1v) is 8.13. The van der Waals surface area contributed by atoms with Gasteiger partial charge in [-0.1, -0.05) is 55.5 Å². The third-order valence-corrected chi connectivity index (χ3v) is 4.71. The van der Waals surface area contributed by atoms with Crippen LogP contribution in [0.1, 0.15) is 44.6 Å². The summed E-state index contributed by atoms with van der Waals surface area (Å²) in [5.41, 5.74) is 1.24. The Morgan fingerprint density at radius 3 is 2.68 bits per heavy atom. The first kappa shape index (κ1) is 15.2. The van der Waals surface area contributed by atoms with Crippen LogP contribution in [0.4, 0.5) is 0 Å². The Bertz CT molecular complexity index is 406. The Morgan fingerprint density at radius 1 is 1.16 bits per heavy atom. The van der Waals surface area contributed by atoms with Gasteiger partial charge < -0.3 is 5.32 Å². The molecule has 1 saturated carbocycles. The van der Waals surface area contributed by atoms with E-state index in [1.165, 1.54) is 37.7 Å². The molecule has 1 N–H and O–H groups in total. The summed E-state index contributed by atoms with van der Waals surface area (Å²) in [6, 6.07) is 6.52. The lowest BCUT2D eigenvalue weighted by Gasteiger charge is -2.26.